The molecule has 1 amide bonds. The van der Waals surface area contributed by atoms with Crippen molar-refractivity contribution in [3.05, 3.63) is 36.5 Å². The Kier molecular flexibility index (Phi) is 29.5. The fraction of sp³-hybridized carbons (Fsp3) is 0.743. The Morgan fingerprint density at radius 2 is 1.19 bits per heavy atom. The average molecular weight is 688 g/mol. The fourth-order valence-corrected chi connectivity index (χ4v) is 5.13. The Bertz CT molecular complexity index is 953. The van der Waals surface area contributed by atoms with Gasteiger partial charge in [-0.05, 0) is 51.4 Å². The van der Waals surface area contributed by atoms with Gasteiger partial charge in [0.15, 0.2) is 6.04 Å². The lowest BCUT2D eigenvalue weighted by Gasteiger charge is -2.18. The van der Waals surface area contributed by atoms with Crippen LogP contribution in [0.2, 0.25) is 0 Å². The largest absolute Gasteiger partial charge is 0.480 e. The molecule has 47 heavy (non-hydrogen) atoms. The fourth-order valence-electron chi connectivity index (χ4n) is 4.36. The van der Waals surface area contributed by atoms with Crippen LogP contribution in [0.25, 0.3) is 0 Å². The molecule has 3 unspecified atom stereocenters. The van der Waals surface area contributed by atoms with E-state index in [0.29, 0.717) is 12.8 Å². The van der Waals surface area contributed by atoms with Crippen molar-refractivity contribution in [2.75, 3.05) is 19.8 Å². The van der Waals surface area contributed by atoms with Crippen LogP contribution in [0, 0.1) is 0 Å². The predicted molar refractivity (Wildman–Crippen MR) is 185 cm³/mol. The number of hydrogen-bond donors (Lipinski definition) is 4. The summed E-state index contributed by atoms with van der Waals surface area (Å²) in [7, 11) is -4.73. The van der Waals surface area contributed by atoms with Crippen LogP contribution in [-0.2, 0) is 32.7 Å². The number of phosphoric ester groups is 1. The molecule has 0 aromatic heterocycles. The molecule has 0 radical (unpaired) electrons. The molecule has 0 bridgehead atoms. The van der Waals surface area contributed by atoms with Gasteiger partial charge >= 0.3 is 19.8 Å². The van der Waals surface area contributed by atoms with Crippen molar-refractivity contribution in [1.29, 1.82) is 0 Å². The van der Waals surface area contributed by atoms with E-state index in [4.69, 9.17) is 9.26 Å². The van der Waals surface area contributed by atoms with Crippen molar-refractivity contribution in [2.24, 2.45) is 0 Å². The highest BCUT2D eigenvalue weighted by Crippen LogP contribution is 2.43. The maximum atomic E-state index is 12.2. The monoisotopic (exact) mass is 687 g/mol. The third kappa shape index (κ3) is 30.8. The minimum atomic E-state index is -4.73. The Labute approximate surface area is 282 Å². The number of rotatable bonds is 32. The van der Waals surface area contributed by atoms with Crippen molar-refractivity contribution >= 4 is 25.7 Å². The number of phosphoric acid groups is 1. The molecule has 0 fully saturated rings. The molecule has 272 valence electrons. The molecule has 0 spiro atoms. The number of carbonyl (C=O) groups excluding carboxylic acids is 2. The number of esters is 1. The van der Waals surface area contributed by atoms with E-state index in [2.05, 4.69) is 53.2 Å². The lowest BCUT2D eigenvalue weighted by Crippen LogP contribution is -2.43. The molecule has 0 aliphatic rings. The summed E-state index contributed by atoms with van der Waals surface area (Å²) in [5.41, 5.74) is 0. The van der Waals surface area contributed by atoms with Crippen molar-refractivity contribution in [1.82, 2.24) is 5.32 Å². The SMILES string of the molecule is CCCCC/C=C\C/C=C\C/C=C\CCCCCCCCCCC(=O)NC(COP(=O)(O)OCC(O)COC(=O)CCCC)C(=O)O. The van der Waals surface area contributed by atoms with Gasteiger partial charge in [0.2, 0.25) is 5.91 Å². The predicted octanol–water partition coefficient (Wildman–Crippen LogP) is 7.71. The minimum absolute atomic E-state index is 0.136. The van der Waals surface area contributed by atoms with E-state index < -0.39 is 57.6 Å². The third-order valence-corrected chi connectivity index (χ3v) is 8.13. The molecule has 12 heteroatoms. The van der Waals surface area contributed by atoms with Gasteiger partial charge in [-0.15, -0.1) is 0 Å². The molecule has 0 saturated carbocycles. The summed E-state index contributed by atoms with van der Waals surface area (Å²) in [6, 6.07) is -1.55. The van der Waals surface area contributed by atoms with Crippen LogP contribution in [-0.4, -0.2) is 64.9 Å². The molecule has 0 aliphatic carbocycles. The van der Waals surface area contributed by atoms with E-state index in [-0.39, 0.29) is 12.8 Å². The number of aliphatic hydroxyl groups excluding tert-OH is 1. The number of carboxylic acid groups (broad SMARTS) is 1. The second-order valence-corrected chi connectivity index (χ2v) is 13.2. The highest BCUT2D eigenvalue weighted by atomic mass is 31.2. The van der Waals surface area contributed by atoms with E-state index in [1.807, 2.05) is 6.92 Å². The van der Waals surface area contributed by atoms with Gasteiger partial charge in [0, 0.05) is 12.8 Å². The number of nitrogens with one attached hydrogen (secondary N) is 1. The summed E-state index contributed by atoms with van der Waals surface area (Å²) in [6.07, 6.45) is 30.3. The Morgan fingerprint density at radius 1 is 0.681 bits per heavy atom. The zero-order chi connectivity index (χ0) is 35.0. The molecule has 4 N–H and O–H groups in total. The number of carboxylic acids is 1. The lowest BCUT2D eigenvalue weighted by atomic mass is 10.1. The van der Waals surface area contributed by atoms with Gasteiger partial charge in [0.25, 0.3) is 0 Å². The summed E-state index contributed by atoms with van der Waals surface area (Å²) in [5, 5.41) is 21.4. The average Bonchev–Trinajstić information content (AvgIpc) is 3.04. The molecular formula is C35H62NO10P. The summed E-state index contributed by atoms with van der Waals surface area (Å²) in [6.45, 7) is 2.23. The van der Waals surface area contributed by atoms with Gasteiger partial charge in [0.05, 0.1) is 13.2 Å². The number of amides is 1. The van der Waals surface area contributed by atoms with Gasteiger partial charge < -0.3 is 25.2 Å². The standard InChI is InChI=1S/C35H62NO10P/c1-3-5-7-8-9-10-11-12-13-14-15-16-17-18-19-20-21-22-23-24-25-26-33(38)36-32(35(40)41)30-46-47(42,43)45-29-31(37)28-44-34(39)27-6-4-2/h9-10,12-13,15-16,31-32,37H,3-8,11,14,17-30H2,1-2H3,(H,36,38)(H,40,41)(H,42,43)/b10-9-,13-12-,16-15-. The highest BCUT2D eigenvalue weighted by Gasteiger charge is 2.28. The molecule has 0 aromatic carbocycles. The van der Waals surface area contributed by atoms with Crippen molar-refractivity contribution in [2.45, 2.75) is 148 Å². The number of hydrogen-bond acceptors (Lipinski definition) is 8. The number of carbonyl (C=O) groups is 3. The first kappa shape index (κ1) is 44.7. The Morgan fingerprint density at radius 3 is 1.77 bits per heavy atom. The summed E-state index contributed by atoms with van der Waals surface area (Å²) < 4.78 is 26.3. The highest BCUT2D eigenvalue weighted by molar-refractivity contribution is 7.47. The number of aliphatic carboxylic acids is 1. The van der Waals surface area contributed by atoms with Crippen LogP contribution in [0.4, 0.5) is 0 Å². The van der Waals surface area contributed by atoms with Crippen LogP contribution in [0.3, 0.4) is 0 Å². The molecule has 11 nitrogen and oxygen atoms in total. The number of ether oxygens (including phenoxy) is 1. The summed E-state index contributed by atoms with van der Waals surface area (Å²) >= 11 is 0. The number of allylic oxidation sites excluding steroid dienone is 6. The maximum Gasteiger partial charge on any atom is 0.472 e. The second-order valence-electron chi connectivity index (χ2n) is 11.7. The molecule has 3 atom stereocenters. The van der Waals surface area contributed by atoms with Crippen LogP contribution >= 0.6 is 7.82 Å². The van der Waals surface area contributed by atoms with Crippen molar-refractivity contribution in [3.63, 3.8) is 0 Å². The van der Waals surface area contributed by atoms with Crippen LogP contribution in [0.15, 0.2) is 36.5 Å². The van der Waals surface area contributed by atoms with E-state index in [0.717, 1.165) is 51.4 Å². The second kappa shape index (κ2) is 31.0. The smallest absolute Gasteiger partial charge is 0.472 e. The molecule has 0 heterocycles. The molecular weight excluding hydrogens is 625 g/mol. The molecule has 0 aromatic rings. The number of unbranched alkanes of at least 4 members (excludes halogenated alkanes) is 12. The summed E-state index contributed by atoms with van der Waals surface area (Å²) in [4.78, 5) is 45.0. The molecule has 0 saturated heterocycles. The van der Waals surface area contributed by atoms with E-state index >= 15 is 0 Å². The zero-order valence-corrected chi connectivity index (χ0v) is 29.7. The summed E-state index contributed by atoms with van der Waals surface area (Å²) in [5.74, 6) is -2.43. The van der Waals surface area contributed by atoms with E-state index in [9.17, 15) is 34.1 Å². The van der Waals surface area contributed by atoms with Crippen molar-refractivity contribution < 1.29 is 47.8 Å². The Balaban J connectivity index is 3.90. The maximum absolute atomic E-state index is 12.2. The van der Waals surface area contributed by atoms with Gasteiger partial charge in [-0.25, -0.2) is 9.36 Å². The lowest BCUT2D eigenvalue weighted by molar-refractivity contribution is -0.147. The molecule has 0 aliphatic heterocycles. The van der Waals surface area contributed by atoms with Gasteiger partial charge in [-0.1, -0.05) is 108 Å². The first-order valence-corrected chi connectivity index (χ1v) is 19.0. The van der Waals surface area contributed by atoms with Gasteiger partial charge in [-0.3, -0.25) is 18.6 Å². The zero-order valence-electron chi connectivity index (χ0n) is 28.8. The number of aliphatic hydroxyl groups is 1. The molecule has 0 rings (SSSR count). The van der Waals surface area contributed by atoms with Crippen molar-refractivity contribution in [3.8, 4) is 0 Å². The van der Waals surface area contributed by atoms with E-state index in [1.165, 1.54) is 44.9 Å². The van der Waals surface area contributed by atoms with Crippen LogP contribution in [0.1, 0.15) is 136 Å². The Hall–Kier alpha value is -2.30. The van der Waals surface area contributed by atoms with E-state index in [1.54, 1.807) is 0 Å². The first-order chi connectivity index (χ1) is 22.6. The topological polar surface area (TPSA) is 169 Å². The first-order valence-electron chi connectivity index (χ1n) is 17.5. The van der Waals surface area contributed by atoms with Gasteiger partial charge in [0.1, 0.15) is 12.7 Å². The normalized spacial score (nSPS) is 14.5. The quantitative estimate of drug-likeness (QED) is 0.0238. The van der Waals surface area contributed by atoms with Crippen LogP contribution in [0.5, 0.6) is 0 Å². The minimum Gasteiger partial charge on any atom is -0.480 e. The van der Waals surface area contributed by atoms with Gasteiger partial charge in [-0.2, -0.15) is 0 Å². The third-order valence-electron chi connectivity index (χ3n) is 7.18. The van der Waals surface area contributed by atoms with Crippen LogP contribution < -0.4 is 5.32 Å².